The van der Waals surface area contributed by atoms with Gasteiger partial charge in [0.15, 0.2) is 0 Å². The summed E-state index contributed by atoms with van der Waals surface area (Å²) in [5, 5.41) is 4.46. The zero-order chi connectivity index (χ0) is 82.7. The second-order valence-electron chi connectivity index (χ2n) is 33.9. The maximum atomic E-state index is 6.65. The predicted octanol–water partition coefficient (Wildman–Crippen LogP) is 32.8. The van der Waals surface area contributed by atoms with Gasteiger partial charge in [0.25, 0.3) is 0 Å². The molecule has 0 fully saturated rings. The molecule has 2 spiro atoms. The van der Waals surface area contributed by atoms with E-state index in [4.69, 9.17) is 8.83 Å². The van der Waals surface area contributed by atoms with Crippen LogP contribution in [0.25, 0.3) is 166 Å². The standard InChI is InChI=1S/C122H76N2O2/c1-2-25-77(26-3-1)78-51-53-79(54-52-78)83-27-22-28-88(73-83)124(87-66-59-82(60-67-87)94-41-24-43-107-105-39-14-21-50-118(105)126-120(94)107)90-69-71-103-100-36-11-18-47-112(100)122(116(103)76-90)113-48-19-12-37-101(113)108-74-84(61-72-114(108)122)92-30-5-7-32-96(92)95-31-6-4-29-91(95)80-55-62-85(63-56-80)123(86-64-57-81(58-65-86)93-40-23-42-106-104-38-13-20-49-117(104)125-119(93)106)89-68-70-102-99-35-10-17-46-111(99)121(115(102)75-89)109-44-15-8-33-97(109)98-34-9-16-45-110(98)121/h1-76H. The Bertz CT molecular complexity index is 8150. The molecule has 4 heteroatoms. The number of benzene rings is 20. The first-order valence-corrected chi connectivity index (χ1v) is 43.6. The molecule has 20 aromatic carbocycles. The summed E-state index contributed by atoms with van der Waals surface area (Å²) in [6, 6.07) is 171. The van der Waals surface area contributed by atoms with Crippen molar-refractivity contribution < 1.29 is 8.83 Å². The lowest BCUT2D eigenvalue weighted by Gasteiger charge is -2.32. The van der Waals surface area contributed by atoms with Crippen molar-refractivity contribution >= 4 is 78.0 Å². The third kappa shape index (κ3) is 10.6. The van der Waals surface area contributed by atoms with Crippen molar-refractivity contribution in [1.82, 2.24) is 0 Å². The molecule has 0 saturated heterocycles. The first kappa shape index (κ1) is 71.3. The third-order valence-corrected chi connectivity index (χ3v) is 27.6. The van der Waals surface area contributed by atoms with Crippen molar-refractivity contribution in [3.63, 3.8) is 0 Å². The van der Waals surface area contributed by atoms with Gasteiger partial charge in [-0.3, -0.25) is 0 Å². The lowest BCUT2D eigenvalue weighted by atomic mass is 9.70. The zero-order valence-electron chi connectivity index (χ0n) is 68.6. The highest BCUT2D eigenvalue weighted by atomic mass is 16.3. The molecule has 0 amide bonds. The van der Waals surface area contributed by atoms with E-state index in [-0.39, 0.29) is 0 Å². The molecular formula is C122H76N2O2. The number of furan rings is 2. The Morgan fingerprint density at radius 1 is 0.143 bits per heavy atom. The van der Waals surface area contributed by atoms with E-state index < -0.39 is 10.8 Å². The number of hydrogen-bond donors (Lipinski definition) is 0. The molecule has 26 rings (SSSR count). The summed E-state index contributed by atoms with van der Waals surface area (Å²) in [6.45, 7) is 0. The van der Waals surface area contributed by atoms with Crippen LogP contribution in [-0.4, -0.2) is 0 Å². The van der Waals surface area contributed by atoms with E-state index in [0.29, 0.717) is 0 Å². The second kappa shape index (κ2) is 28.1. The van der Waals surface area contributed by atoms with Crippen LogP contribution in [0.1, 0.15) is 44.5 Å². The molecule has 4 aliphatic rings. The van der Waals surface area contributed by atoms with Crippen LogP contribution >= 0.6 is 0 Å². The molecule has 0 bridgehead atoms. The van der Waals surface area contributed by atoms with Gasteiger partial charge in [0, 0.05) is 66.8 Å². The molecule has 126 heavy (non-hydrogen) atoms. The van der Waals surface area contributed by atoms with E-state index in [1.54, 1.807) is 0 Å². The smallest absolute Gasteiger partial charge is 0.143 e. The predicted molar refractivity (Wildman–Crippen MR) is 521 cm³/mol. The molecule has 0 radical (unpaired) electrons. The Hall–Kier alpha value is -16.4. The minimum Gasteiger partial charge on any atom is -0.455 e. The molecule has 22 aromatic rings. The van der Waals surface area contributed by atoms with Crippen LogP contribution in [-0.2, 0) is 10.8 Å². The van der Waals surface area contributed by atoms with Gasteiger partial charge in [0.05, 0.1) is 10.8 Å². The lowest BCUT2D eigenvalue weighted by molar-refractivity contribution is 0.669. The van der Waals surface area contributed by atoms with E-state index in [0.717, 1.165) is 145 Å². The Morgan fingerprint density at radius 2 is 0.429 bits per heavy atom. The molecule has 0 aliphatic heterocycles. The normalized spacial score (nSPS) is 13.8. The van der Waals surface area contributed by atoms with Crippen molar-refractivity contribution in [3.05, 3.63) is 506 Å². The molecular weight excluding hydrogens is 1530 g/mol. The van der Waals surface area contributed by atoms with Gasteiger partial charge in [-0.2, -0.15) is 0 Å². The minimum atomic E-state index is -0.652. The highest BCUT2D eigenvalue weighted by Gasteiger charge is 2.54. The Kier molecular flexibility index (Phi) is 15.9. The topological polar surface area (TPSA) is 32.8 Å². The summed E-state index contributed by atoms with van der Waals surface area (Å²) in [5.41, 5.74) is 45.0. The summed E-state index contributed by atoms with van der Waals surface area (Å²) in [5.74, 6) is 0. The highest BCUT2D eigenvalue weighted by Crippen LogP contribution is 2.66. The van der Waals surface area contributed by atoms with Crippen molar-refractivity contribution in [2.45, 2.75) is 10.8 Å². The van der Waals surface area contributed by atoms with Crippen LogP contribution < -0.4 is 9.80 Å². The maximum Gasteiger partial charge on any atom is 0.143 e. The number of nitrogens with zero attached hydrogens (tertiary/aromatic N) is 2. The van der Waals surface area contributed by atoms with Crippen molar-refractivity contribution in [2.24, 2.45) is 0 Å². The van der Waals surface area contributed by atoms with Gasteiger partial charge in [0.2, 0.25) is 0 Å². The molecule has 2 heterocycles. The fourth-order valence-electron chi connectivity index (χ4n) is 22.1. The molecule has 4 nitrogen and oxygen atoms in total. The molecule has 4 aliphatic carbocycles. The number of rotatable bonds is 13. The van der Waals surface area contributed by atoms with Crippen LogP contribution in [0.15, 0.2) is 470 Å². The first-order valence-electron chi connectivity index (χ1n) is 43.6. The van der Waals surface area contributed by atoms with E-state index in [1.165, 1.54) is 100 Å². The Labute approximate surface area is 730 Å². The SMILES string of the molecule is c1ccc(-c2ccc(-c3cccc(N(c4ccc(-c5cccc6c5oc5ccccc56)cc4)c4ccc5c(c4)C4(c6ccccc6-c6cc(-c7ccccc7-c7ccccc7-c7ccc(N(c8ccc(-c9cccc%10c9oc9ccccc9%10)cc8)c8ccc9c(c8)C8(c%10ccccc%10-c%10ccccc%108)c8ccccc8-9)cc7)ccc64)c4ccccc4-5)c3)cc2)cc1. The number of hydrogen-bond acceptors (Lipinski definition) is 4. The van der Waals surface area contributed by atoms with Crippen molar-refractivity contribution in [1.29, 1.82) is 0 Å². The van der Waals surface area contributed by atoms with Gasteiger partial charge in [-0.15, -0.1) is 0 Å². The molecule has 2 aromatic heterocycles. The minimum absolute atomic E-state index is 0.519. The average molecular weight is 1600 g/mol. The van der Waals surface area contributed by atoms with Crippen molar-refractivity contribution in [3.8, 4) is 122 Å². The van der Waals surface area contributed by atoms with Gasteiger partial charge in [-0.25, -0.2) is 0 Å². The third-order valence-electron chi connectivity index (χ3n) is 27.6. The van der Waals surface area contributed by atoms with E-state index in [1.807, 2.05) is 12.1 Å². The summed E-state index contributed by atoms with van der Waals surface area (Å²) >= 11 is 0. The summed E-state index contributed by atoms with van der Waals surface area (Å²) in [6.07, 6.45) is 0. The summed E-state index contributed by atoms with van der Waals surface area (Å²) in [4.78, 5) is 4.90. The summed E-state index contributed by atoms with van der Waals surface area (Å²) in [7, 11) is 0. The van der Waals surface area contributed by atoms with Crippen LogP contribution in [0.3, 0.4) is 0 Å². The number of anilines is 6. The second-order valence-corrected chi connectivity index (χ2v) is 33.9. The fraction of sp³-hybridized carbons (Fsp3) is 0.0164. The molecule has 1 unspecified atom stereocenters. The van der Waals surface area contributed by atoms with E-state index in [2.05, 4.69) is 459 Å². The van der Waals surface area contributed by atoms with Gasteiger partial charge in [-0.05, 0) is 247 Å². The maximum absolute atomic E-state index is 6.65. The molecule has 0 saturated carbocycles. The monoisotopic (exact) mass is 1600 g/mol. The molecule has 586 valence electrons. The van der Waals surface area contributed by atoms with E-state index in [9.17, 15) is 0 Å². The van der Waals surface area contributed by atoms with Gasteiger partial charge >= 0.3 is 0 Å². The lowest BCUT2D eigenvalue weighted by Crippen LogP contribution is -2.26. The number of para-hydroxylation sites is 4. The highest BCUT2D eigenvalue weighted by molar-refractivity contribution is 6.12. The Balaban J connectivity index is 0.582. The molecule has 1 atom stereocenters. The quantitative estimate of drug-likeness (QED) is 0.115. The summed E-state index contributed by atoms with van der Waals surface area (Å²) < 4.78 is 13.3. The van der Waals surface area contributed by atoms with Crippen LogP contribution in [0.2, 0.25) is 0 Å². The van der Waals surface area contributed by atoms with Crippen LogP contribution in [0, 0.1) is 0 Å². The fourth-order valence-corrected chi connectivity index (χ4v) is 22.1. The largest absolute Gasteiger partial charge is 0.455 e. The number of fused-ring (bicyclic) bond motifs is 26. The van der Waals surface area contributed by atoms with E-state index >= 15 is 0 Å². The average Bonchev–Trinajstić information content (AvgIpc) is 1.50. The first-order chi connectivity index (χ1) is 62.5. The Morgan fingerprint density at radius 3 is 0.889 bits per heavy atom. The van der Waals surface area contributed by atoms with Crippen LogP contribution in [0.4, 0.5) is 34.1 Å². The molecule has 0 N–H and O–H groups in total. The van der Waals surface area contributed by atoms with Gasteiger partial charge in [0.1, 0.15) is 22.3 Å². The van der Waals surface area contributed by atoms with Gasteiger partial charge < -0.3 is 18.6 Å². The van der Waals surface area contributed by atoms with Crippen molar-refractivity contribution in [2.75, 3.05) is 9.80 Å². The van der Waals surface area contributed by atoms with Gasteiger partial charge in [-0.1, -0.05) is 370 Å². The zero-order valence-corrected chi connectivity index (χ0v) is 68.6. The van der Waals surface area contributed by atoms with Crippen LogP contribution in [0.5, 0.6) is 0 Å².